The summed E-state index contributed by atoms with van der Waals surface area (Å²) in [7, 11) is 1.41. The van der Waals surface area contributed by atoms with E-state index in [4.69, 9.17) is 14.2 Å². The lowest BCUT2D eigenvalue weighted by Crippen LogP contribution is -2.51. The van der Waals surface area contributed by atoms with Crippen molar-refractivity contribution in [3.63, 3.8) is 0 Å². The second-order valence-electron chi connectivity index (χ2n) is 13.1. The van der Waals surface area contributed by atoms with E-state index in [9.17, 15) is 18.0 Å². The van der Waals surface area contributed by atoms with E-state index >= 15 is 0 Å². The van der Waals surface area contributed by atoms with Gasteiger partial charge in [-0.3, -0.25) is 4.79 Å². The van der Waals surface area contributed by atoms with Crippen molar-refractivity contribution in [2.45, 2.75) is 30.9 Å². The predicted octanol–water partition coefficient (Wildman–Crippen LogP) is 5.37. The van der Waals surface area contributed by atoms with Crippen molar-refractivity contribution in [1.82, 2.24) is 14.1 Å². The molecule has 3 atom stereocenters. The highest BCUT2D eigenvalue weighted by Gasteiger charge is 2.37. The number of hydrogen-bond donors (Lipinski definition) is 2. The van der Waals surface area contributed by atoms with Crippen LogP contribution in [0.5, 0.6) is 17.2 Å². The van der Waals surface area contributed by atoms with Gasteiger partial charge < -0.3 is 34.6 Å². The van der Waals surface area contributed by atoms with Crippen LogP contribution in [0.3, 0.4) is 0 Å². The van der Waals surface area contributed by atoms with Gasteiger partial charge in [0.25, 0.3) is 5.91 Å². The van der Waals surface area contributed by atoms with Gasteiger partial charge in [0.1, 0.15) is 19.3 Å². The van der Waals surface area contributed by atoms with E-state index in [0.717, 1.165) is 10.8 Å². The minimum absolute atomic E-state index is 0.0298. The summed E-state index contributed by atoms with van der Waals surface area (Å²) < 4.78 is 46.8. The van der Waals surface area contributed by atoms with Gasteiger partial charge in [-0.05, 0) is 56.7 Å². The van der Waals surface area contributed by atoms with Gasteiger partial charge >= 0.3 is 6.03 Å². The molecule has 3 amide bonds. The summed E-state index contributed by atoms with van der Waals surface area (Å²) in [6, 6.07) is 22.3. The molecular weight excluding hydrogens is 659 g/mol. The normalized spacial score (nSPS) is 18.2. The van der Waals surface area contributed by atoms with Crippen LogP contribution in [0.2, 0.25) is 0 Å². The van der Waals surface area contributed by atoms with Crippen LogP contribution in [0, 0.1) is 5.92 Å². The Morgan fingerprint density at radius 3 is 2.38 bits per heavy atom. The van der Waals surface area contributed by atoms with Crippen molar-refractivity contribution in [2.24, 2.45) is 5.92 Å². The van der Waals surface area contributed by atoms with Gasteiger partial charge in [0.05, 0.1) is 28.4 Å². The molecule has 0 spiro atoms. The zero-order chi connectivity index (χ0) is 35.6. The maximum absolute atomic E-state index is 14.2. The molecular formula is C37H43N5O7S. The molecule has 0 fully saturated rings. The molecule has 0 aliphatic carbocycles. The van der Waals surface area contributed by atoms with Gasteiger partial charge in [-0.25, -0.2) is 13.2 Å². The van der Waals surface area contributed by atoms with Gasteiger partial charge in [0, 0.05) is 43.5 Å². The standard InChI is InChI=1S/C37H43N5O7S/c1-24-21-42(25(2)22-40(3)4)36(43)29-13-9-15-31(39-37(44)38-30-14-8-11-26-10-6-7-12-28(26)30)35(29)49-34(24)23-41(5)50(45,46)27-16-17-32-33(20-27)48-19-18-47-32/h6-17,20,24-25,34H,18-19,21-23H2,1-5H3,(H2,38,39,44). The average molecular weight is 702 g/mol. The minimum atomic E-state index is -3.98. The van der Waals surface area contributed by atoms with E-state index in [1.807, 2.05) is 75.3 Å². The van der Waals surface area contributed by atoms with Crippen LogP contribution in [0.1, 0.15) is 24.2 Å². The van der Waals surface area contributed by atoms with E-state index in [-0.39, 0.29) is 46.3 Å². The molecule has 4 aromatic rings. The third kappa shape index (κ3) is 7.35. The lowest BCUT2D eigenvalue weighted by atomic mass is 9.99. The molecule has 0 aromatic heterocycles. The van der Waals surface area contributed by atoms with E-state index in [1.165, 1.54) is 23.5 Å². The summed E-state index contributed by atoms with van der Waals surface area (Å²) in [5.41, 5.74) is 1.18. The summed E-state index contributed by atoms with van der Waals surface area (Å²) in [5, 5.41) is 7.67. The fraction of sp³-hybridized carbons (Fsp3) is 0.351. The Kier molecular flexibility index (Phi) is 10.2. The highest BCUT2D eigenvalue weighted by Crippen LogP contribution is 2.37. The minimum Gasteiger partial charge on any atom is -0.486 e. The summed E-state index contributed by atoms with van der Waals surface area (Å²) in [5.74, 6) is 0.501. The average Bonchev–Trinajstić information content (AvgIpc) is 3.09. The van der Waals surface area contributed by atoms with Crippen LogP contribution in [-0.2, 0) is 10.0 Å². The molecule has 4 aromatic carbocycles. The molecule has 0 radical (unpaired) electrons. The number of fused-ring (bicyclic) bond motifs is 3. The van der Waals surface area contributed by atoms with Crippen molar-refractivity contribution >= 4 is 44.1 Å². The molecule has 6 rings (SSSR count). The zero-order valence-electron chi connectivity index (χ0n) is 28.9. The van der Waals surface area contributed by atoms with Gasteiger partial charge in [0.2, 0.25) is 10.0 Å². The van der Waals surface area contributed by atoms with Crippen LogP contribution >= 0.6 is 0 Å². The Morgan fingerprint density at radius 1 is 0.920 bits per heavy atom. The Bertz CT molecular complexity index is 2000. The van der Waals surface area contributed by atoms with Gasteiger partial charge in [0.15, 0.2) is 17.2 Å². The molecule has 50 heavy (non-hydrogen) atoms. The molecule has 12 nitrogen and oxygen atoms in total. The number of sulfonamides is 1. The van der Waals surface area contributed by atoms with E-state index in [2.05, 4.69) is 10.6 Å². The molecule has 2 aliphatic heterocycles. The number of benzene rings is 4. The number of nitrogens with zero attached hydrogens (tertiary/aromatic N) is 3. The van der Waals surface area contributed by atoms with E-state index in [1.54, 1.807) is 29.2 Å². The number of ether oxygens (including phenoxy) is 3. The highest BCUT2D eigenvalue weighted by atomic mass is 32.2. The zero-order valence-corrected chi connectivity index (χ0v) is 29.7. The molecule has 0 saturated carbocycles. The quantitative estimate of drug-likeness (QED) is 0.239. The van der Waals surface area contributed by atoms with Crippen molar-refractivity contribution in [1.29, 1.82) is 0 Å². The first kappa shape index (κ1) is 35.0. The SMILES string of the molecule is CC1CN(C(C)CN(C)C)C(=O)c2cccc(NC(=O)Nc3cccc4ccccc34)c2OC1CN(C)S(=O)(=O)c1ccc2c(c1)OCCO2. The first-order valence-electron chi connectivity index (χ1n) is 16.6. The third-order valence-electron chi connectivity index (χ3n) is 9.00. The van der Waals surface area contributed by atoms with Gasteiger partial charge in [-0.2, -0.15) is 4.31 Å². The number of likely N-dealkylation sites (N-methyl/N-ethyl adjacent to an activating group) is 2. The molecule has 264 valence electrons. The number of rotatable bonds is 9. The van der Waals surface area contributed by atoms with Crippen molar-refractivity contribution in [3.8, 4) is 17.2 Å². The topological polar surface area (TPSA) is 130 Å². The Balaban J connectivity index is 1.32. The van der Waals surface area contributed by atoms with E-state index < -0.39 is 22.2 Å². The molecule has 2 N–H and O–H groups in total. The van der Waals surface area contributed by atoms with Crippen LogP contribution in [0.4, 0.5) is 16.2 Å². The van der Waals surface area contributed by atoms with Crippen molar-refractivity contribution in [3.05, 3.63) is 84.4 Å². The summed E-state index contributed by atoms with van der Waals surface area (Å²) >= 11 is 0. The monoisotopic (exact) mass is 701 g/mol. The number of carbonyl (C=O) groups is 2. The van der Waals surface area contributed by atoms with Gasteiger partial charge in [-0.1, -0.05) is 49.4 Å². The lowest BCUT2D eigenvalue weighted by Gasteiger charge is -2.39. The number of nitrogens with one attached hydrogen (secondary N) is 2. The maximum atomic E-state index is 14.2. The third-order valence-corrected chi connectivity index (χ3v) is 10.8. The van der Waals surface area contributed by atoms with Crippen LogP contribution in [-0.4, -0.2) is 101 Å². The predicted molar refractivity (Wildman–Crippen MR) is 193 cm³/mol. The molecule has 13 heteroatoms. The number of hydrogen-bond acceptors (Lipinski definition) is 8. The number of urea groups is 1. The Hall–Kier alpha value is -4.85. The fourth-order valence-electron chi connectivity index (χ4n) is 6.41. The van der Waals surface area contributed by atoms with Crippen molar-refractivity contribution < 1.29 is 32.2 Å². The lowest BCUT2D eigenvalue weighted by molar-refractivity contribution is 0.0439. The second-order valence-corrected chi connectivity index (χ2v) is 15.1. The first-order valence-corrected chi connectivity index (χ1v) is 18.0. The maximum Gasteiger partial charge on any atom is 0.323 e. The summed E-state index contributed by atoms with van der Waals surface area (Å²) in [6.45, 7) is 5.56. The number of carbonyl (C=O) groups excluding carboxylic acids is 2. The summed E-state index contributed by atoms with van der Waals surface area (Å²) in [4.78, 5) is 31.5. The number of para-hydroxylation sites is 1. The van der Waals surface area contributed by atoms with Crippen LogP contribution in [0.25, 0.3) is 10.8 Å². The van der Waals surface area contributed by atoms with Gasteiger partial charge in [-0.15, -0.1) is 0 Å². The largest absolute Gasteiger partial charge is 0.486 e. The molecule has 0 bridgehead atoms. The van der Waals surface area contributed by atoms with Crippen molar-refractivity contribution in [2.75, 3.05) is 64.6 Å². The Morgan fingerprint density at radius 2 is 1.60 bits per heavy atom. The fourth-order valence-corrected chi connectivity index (χ4v) is 7.61. The number of amides is 3. The molecule has 2 aliphatic rings. The Labute approximate surface area is 292 Å². The first-order chi connectivity index (χ1) is 23.9. The molecule has 2 heterocycles. The molecule has 3 unspecified atom stereocenters. The van der Waals surface area contributed by atoms with E-state index in [0.29, 0.717) is 43.5 Å². The number of anilines is 2. The second kappa shape index (κ2) is 14.6. The van der Waals surface area contributed by atoms with Crippen LogP contribution in [0.15, 0.2) is 83.8 Å². The van der Waals surface area contributed by atoms with Crippen LogP contribution < -0.4 is 24.8 Å². The smallest absolute Gasteiger partial charge is 0.323 e. The summed E-state index contributed by atoms with van der Waals surface area (Å²) in [6.07, 6.45) is -0.697. The highest BCUT2D eigenvalue weighted by molar-refractivity contribution is 7.89. The molecule has 0 saturated heterocycles.